The van der Waals surface area contributed by atoms with Gasteiger partial charge < -0.3 is 19.5 Å². The minimum atomic E-state index is -0.886. The molecule has 0 bridgehead atoms. The summed E-state index contributed by atoms with van der Waals surface area (Å²) in [6, 6.07) is 5.69. The van der Waals surface area contributed by atoms with Gasteiger partial charge in [0.05, 0.1) is 26.2 Å². The van der Waals surface area contributed by atoms with Crippen LogP contribution in [0.25, 0.3) is 6.08 Å². The summed E-state index contributed by atoms with van der Waals surface area (Å²) in [5, 5.41) is 1.93. The summed E-state index contributed by atoms with van der Waals surface area (Å²) in [5.74, 6) is -1.87. The molecule has 0 spiro atoms. The summed E-state index contributed by atoms with van der Waals surface area (Å²) < 4.78 is 42.4. The van der Waals surface area contributed by atoms with E-state index in [2.05, 4.69) is 5.32 Å². The van der Waals surface area contributed by atoms with Crippen molar-refractivity contribution in [2.75, 3.05) is 34.4 Å². The third-order valence-corrected chi connectivity index (χ3v) is 5.51. The minimum absolute atomic E-state index is 0.0908. The van der Waals surface area contributed by atoms with E-state index in [4.69, 9.17) is 14.2 Å². The molecular formula is C22H20F2N2O6S. The van der Waals surface area contributed by atoms with Gasteiger partial charge in [-0.05, 0) is 47.7 Å². The largest absolute Gasteiger partial charge is 0.493 e. The molecule has 0 unspecified atom stereocenters. The second-order valence-electron chi connectivity index (χ2n) is 6.71. The van der Waals surface area contributed by atoms with Crippen molar-refractivity contribution in [3.63, 3.8) is 0 Å². The molecule has 174 valence electrons. The molecule has 3 amide bonds. The number of thioether (sulfide) groups is 1. The van der Waals surface area contributed by atoms with Crippen molar-refractivity contribution in [3.05, 3.63) is 58.0 Å². The molecule has 8 nitrogen and oxygen atoms in total. The van der Waals surface area contributed by atoms with E-state index in [1.807, 2.05) is 0 Å². The number of rotatable bonds is 8. The number of hydrogen-bond acceptors (Lipinski definition) is 7. The van der Waals surface area contributed by atoms with Crippen LogP contribution in [0, 0.1) is 11.6 Å². The SMILES string of the molecule is COc1cc(C=C2SC(=O)N(CCNC(=O)c3cc(F)cc(F)c3)C2=O)cc(OC)c1OC. The lowest BCUT2D eigenvalue weighted by Crippen LogP contribution is -2.37. The number of amides is 3. The van der Waals surface area contributed by atoms with Crippen molar-refractivity contribution in [3.8, 4) is 17.2 Å². The number of hydrogen-bond donors (Lipinski definition) is 1. The summed E-state index contributed by atoms with van der Waals surface area (Å²) in [5.41, 5.74) is 0.348. The third kappa shape index (κ3) is 5.43. The van der Waals surface area contributed by atoms with Gasteiger partial charge in [0.2, 0.25) is 5.75 Å². The van der Waals surface area contributed by atoms with Gasteiger partial charge in [0.15, 0.2) is 11.5 Å². The summed E-state index contributed by atoms with van der Waals surface area (Å²) in [4.78, 5) is 38.2. The van der Waals surface area contributed by atoms with Crippen LogP contribution >= 0.6 is 11.8 Å². The van der Waals surface area contributed by atoms with Crippen molar-refractivity contribution in [1.82, 2.24) is 10.2 Å². The van der Waals surface area contributed by atoms with Gasteiger partial charge in [0.1, 0.15) is 11.6 Å². The molecule has 0 atom stereocenters. The summed E-state index contributed by atoms with van der Waals surface area (Å²) >= 11 is 0.746. The Morgan fingerprint density at radius 3 is 2.15 bits per heavy atom. The Bertz CT molecular complexity index is 1090. The van der Waals surface area contributed by atoms with Crippen LogP contribution in [0.5, 0.6) is 17.2 Å². The Hall–Kier alpha value is -3.60. The number of benzene rings is 2. The fourth-order valence-corrected chi connectivity index (χ4v) is 3.96. The first kappa shape index (κ1) is 24.1. The third-order valence-electron chi connectivity index (χ3n) is 4.60. The molecule has 2 aromatic rings. The number of nitrogens with one attached hydrogen (secondary N) is 1. The smallest absolute Gasteiger partial charge is 0.293 e. The fourth-order valence-electron chi connectivity index (χ4n) is 3.10. The van der Waals surface area contributed by atoms with Crippen LogP contribution in [0.1, 0.15) is 15.9 Å². The van der Waals surface area contributed by atoms with E-state index < -0.39 is 28.7 Å². The first-order chi connectivity index (χ1) is 15.8. The van der Waals surface area contributed by atoms with Crippen LogP contribution in [0.4, 0.5) is 13.6 Å². The molecule has 1 heterocycles. The maximum atomic E-state index is 13.3. The zero-order chi connectivity index (χ0) is 24.1. The quantitative estimate of drug-likeness (QED) is 0.581. The van der Waals surface area contributed by atoms with Crippen LogP contribution in [0.15, 0.2) is 35.2 Å². The van der Waals surface area contributed by atoms with Gasteiger partial charge in [-0.3, -0.25) is 19.3 Å². The highest BCUT2D eigenvalue weighted by atomic mass is 32.2. The molecule has 2 aromatic carbocycles. The first-order valence-electron chi connectivity index (χ1n) is 9.57. The highest BCUT2D eigenvalue weighted by molar-refractivity contribution is 8.18. The summed E-state index contributed by atoms with van der Waals surface area (Å²) in [6.07, 6.45) is 1.52. The number of imide groups is 1. The van der Waals surface area contributed by atoms with E-state index in [0.29, 0.717) is 28.9 Å². The number of nitrogens with zero attached hydrogens (tertiary/aromatic N) is 1. The Labute approximate surface area is 192 Å². The van der Waals surface area contributed by atoms with Gasteiger partial charge in [0, 0.05) is 24.7 Å². The maximum Gasteiger partial charge on any atom is 0.293 e. The molecule has 1 N–H and O–H groups in total. The fraction of sp³-hybridized carbons (Fsp3) is 0.227. The molecular weight excluding hydrogens is 458 g/mol. The molecule has 33 heavy (non-hydrogen) atoms. The average Bonchev–Trinajstić information content (AvgIpc) is 3.04. The molecule has 1 fully saturated rings. The van der Waals surface area contributed by atoms with E-state index in [-0.39, 0.29) is 23.6 Å². The van der Waals surface area contributed by atoms with E-state index in [1.54, 1.807) is 12.1 Å². The average molecular weight is 478 g/mol. The number of halogens is 2. The number of methoxy groups -OCH3 is 3. The van der Waals surface area contributed by atoms with Crippen molar-refractivity contribution < 1.29 is 37.4 Å². The van der Waals surface area contributed by atoms with Gasteiger partial charge in [-0.15, -0.1) is 0 Å². The normalized spacial score (nSPS) is 14.6. The second-order valence-corrected chi connectivity index (χ2v) is 7.70. The lowest BCUT2D eigenvalue weighted by Gasteiger charge is -2.13. The molecule has 1 aliphatic rings. The zero-order valence-corrected chi connectivity index (χ0v) is 18.8. The topological polar surface area (TPSA) is 94.2 Å². The molecule has 0 saturated carbocycles. The minimum Gasteiger partial charge on any atom is -0.493 e. The lowest BCUT2D eigenvalue weighted by atomic mass is 10.1. The van der Waals surface area contributed by atoms with Crippen LogP contribution < -0.4 is 19.5 Å². The molecule has 11 heteroatoms. The van der Waals surface area contributed by atoms with Crippen molar-refractivity contribution >= 4 is 34.9 Å². The van der Waals surface area contributed by atoms with Crippen molar-refractivity contribution in [1.29, 1.82) is 0 Å². The first-order valence-corrected chi connectivity index (χ1v) is 10.4. The monoisotopic (exact) mass is 478 g/mol. The number of carbonyl (C=O) groups excluding carboxylic acids is 3. The Kier molecular flexibility index (Phi) is 7.54. The van der Waals surface area contributed by atoms with Crippen LogP contribution in [-0.2, 0) is 4.79 Å². The Morgan fingerprint density at radius 2 is 1.61 bits per heavy atom. The van der Waals surface area contributed by atoms with Gasteiger partial charge in [-0.2, -0.15) is 0 Å². The second kappa shape index (κ2) is 10.3. The highest BCUT2D eigenvalue weighted by Crippen LogP contribution is 2.40. The van der Waals surface area contributed by atoms with Gasteiger partial charge in [-0.25, -0.2) is 8.78 Å². The predicted molar refractivity (Wildman–Crippen MR) is 117 cm³/mol. The number of ether oxygens (including phenoxy) is 3. The molecule has 0 aliphatic carbocycles. The Balaban J connectivity index is 1.69. The van der Waals surface area contributed by atoms with E-state index in [0.717, 1.165) is 28.8 Å². The van der Waals surface area contributed by atoms with Crippen LogP contribution in [-0.4, -0.2) is 56.4 Å². The standard InChI is InChI=1S/C22H20F2N2O6S/c1-30-16-6-12(7-17(31-2)19(16)32-3)8-18-21(28)26(22(29)33-18)5-4-25-20(27)13-9-14(23)11-15(24)10-13/h6-11H,4-5H2,1-3H3,(H,25,27). The van der Waals surface area contributed by atoms with Crippen LogP contribution in [0.2, 0.25) is 0 Å². The summed E-state index contributed by atoms with van der Waals surface area (Å²) in [7, 11) is 4.39. The molecule has 0 radical (unpaired) electrons. The maximum absolute atomic E-state index is 13.3. The molecule has 3 rings (SSSR count). The van der Waals surface area contributed by atoms with Crippen LogP contribution in [0.3, 0.4) is 0 Å². The molecule has 1 aliphatic heterocycles. The predicted octanol–water partition coefficient (Wildman–Crippen LogP) is 3.46. The highest BCUT2D eigenvalue weighted by Gasteiger charge is 2.34. The van der Waals surface area contributed by atoms with E-state index in [9.17, 15) is 23.2 Å². The van der Waals surface area contributed by atoms with Gasteiger partial charge in [-0.1, -0.05) is 0 Å². The summed E-state index contributed by atoms with van der Waals surface area (Å²) in [6.45, 7) is -0.201. The number of carbonyl (C=O) groups is 3. The van der Waals surface area contributed by atoms with Crippen molar-refractivity contribution in [2.45, 2.75) is 0 Å². The van der Waals surface area contributed by atoms with Gasteiger partial charge >= 0.3 is 0 Å². The van der Waals surface area contributed by atoms with E-state index >= 15 is 0 Å². The Morgan fingerprint density at radius 1 is 1.00 bits per heavy atom. The zero-order valence-electron chi connectivity index (χ0n) is 17.9. The van der Waals surface area contributed by atoms with Gasteiger partial charge in [0.25, 0.3) is 17.1 Å². The lowest BCUT2D eigenvalue weighted by molar-refractivity contribution is -0.122. The molecule has 0 aromatic heterocycles. The van der Waals surface area contributed by atoms with Crippen molar-refractivity contribution in [2.24, 2.45) is 0 Å². The molecule has 1 saturated heterocycles. The van der Waals surface area contributed by atoms with E-state index in [1.165, 1.54) is 27.4 Å².